The second kappa shape index (κ2) is 9.69. The van der Waals surface area contributed by atoms with E-state index in [2.05, 4.69) is 46.5 Å². The van der Waals surface area contributed by atoms with Crippen molar-refractivity contribution < 1.29 is 0 Å². The lowest BCUT2D eigenvalue weighted by Crippen LogP contribution is -1.79. The van der Waals surface area contributed by atoms with Crippen LogP contribution in [0.5, 0.6) is 0 Å². The largest absolute Gasteiger partial charge is 0.102 e. The van der Waals surface area contributed by atoms with Gasteiger partial charge in [-0.1, -0.05) is 53.5 Å². The molecule has 0 spiro atoms. The molecule has 0 aromatic rings. The molecule has 1 heteroatoms. The molecule has 0 bridgehead atoms. The van der Waals surface area contributed by atoms with Gasteiger partial charge in [-0.05, 0) is 13.3 Å². The van der Waals surface area contributed by atoms with Crippen LogP contribution >= 0.6 is 15.9 Å². The van der Waals surface area contributed by atoms with Gasteiger partial charge in [-0.2, -0.15) is 0 Å². The number of unbranched alkanes of at least 4 members (excludes halogenated alkanes) is 3. The average molecular weight is 241 g/mol. The quantitative estimate of drug-likeness (QED) is 0.401. The van der Waals surface area contributed by atoms with Crippen LogP contribution in [0.2, 0.25) is 0 Å². The van der Waals surface area contributed by atoms with Crippen molar-refractivity contribution in [3.05, 3.63) is 0 Å². The second-order valence-electron chi connectivity index (χ2n) is 2.92. The molecule has 0 fully saturated rings. The minimum atomic E-state index is 0.286. The minimum Gasteiger partial charge on any atom is -0.102 e. The van der Waals surface area contributed by atoms with E-state index in [1.807, 2.05) is 6.92 Å². The maximum Gasteiger partial charge on any atom is 0.0726 e. The lowest BCUT2D eigenvalue weighted by atomic mass is 10.2. The molecule has 0 saturated heterocycles. The van der Waals surface area contributed by atoms with Crippen molar-refractivity contribution in [3.8, 4) is 23.7 Å². The normalized spacial score (nSPS) is 10.7. The van der Waals surface area contributed by atoms with Crippen LogP contribution in [0.1, 0.15) is 46.0 Å². The Bertz CT molecular complexity index is 219. The van der Waals surface area contributed by atoms with Crippen LogP contribution in [0, 0.1) is 23.7 Å². The van der Waals surface area contributed by atoms with Gasteiger partial charge in [-0.3, -0.25) is 0 Å². The zero-order valence-electron chi connectivity index (χ0n) is 8.49. The fourth-order valence-electron chi connectivity index (χ4n) is 0.850. The van der Waals surface area contributed by atoms with E-state index < -0.39 is 0 Å². The molecule has 0 aliphatic heterocycles. The third kappa shape index (κ3) is 11.6. The molecule has 0 aliphatic carbocycles. The van der Waals surface area contributed by atoms with Crippen LogP contribution in [0.25, 0.3) is 0 Å². The fraction of sp³-hybridized carbons (Fsp3) is 0.667. The van der Waals surface area contributed by atoms with Crippen molar-refractivity contribution in [3.63, 3.8) is 0 Å². The zero-order chi connectivity index (χ0) is 9.94. The molecule has 72 valence electrons. The van der Waals surface area contributed by atoms with E-state index in [-0.39, 0.29) is 4.83 Å². The summed E-state index contributed by atoms with van der Waals surface area (Å²) >= 11 is 3.36. The first kappa shape index (κ1) is 12.6. The molecular weight excluding hydrogens is 224 g/mol. The average Bonchev–Trinajstić information content (AvgIpc) is 2.09. The van der Waals surface area contributed by atoms with Gasteiger partial charge >= 0.3 is 0 Å². The van der Waals surface area contributed by atoms with Crippen LogP contribution in [0.4, 0.5) is 0 Å². The summed E-state index contributed by atoms with van der Waals surface area (Å²) in [5.74, 6) is 12.2. The summed E-state index contributed by atoms with van der Waals surface area (Å²) in [6.45, 7) is 4.22. The third-order valence-electron chi connectivity index (χ3n) is 1.51. The lowest BCUT2D eigenvalue weighted by molar-refractivity contribution is 0.737. The standard InChI is InChI=1S/C12H17Br/c1-3-4-5-6-7-8-9-10-11-12(2)13/h12H,3-6,9H2,1-2H3. The zero-order valence-corrected chi connectivity index (χ0v) is 10.1. The van der Waals surface area contributed by atoms with Crippen molar-refractivity contribution in [1.29, 1.82) is 0 Å². The molecule has 0 saturated carbocycles. The number of hydrogen-bond donors (Lipinski definition) is 0. The highest BCUT2D eigenvalue weighted by Crippen LogP contribution is 1.96. The highest BCUT2D eigenvalue weighted by atomic mass is 79.9. The van der Waals surface area contributed by atoms with Crippen molar-refractivity contribution in [2.45, 2.75) is 50.8 Å². The Hall–Kier alpha value is -0.400. The van der Waals surface area contributed by atoms with E-state index in [4.69, 9.17) is 0 Å². The Morgan fingerprint density at radius 2 is 1.92 bits per heavy atom. The lowest BCUT2D eigenvalue weighted by Gasteiger charge is -1.87. The Morgan fingerprint density at radius 3 is 2.54 bits per heavy atom. The molecule has 0 rings (SSSR count). The minimum absolute atomic E-state index is 0.286. The number of hydrogen-bond acceptors (Lipinski definition) is 0. The number of rotatable bonds is 3. The number of halogens is 1. The van der Waals surface area contributed by atoms with Crippen molar-refractivity contribution in [2.24, 2.45) is 0 Å². The van der Waals surface area contributed by atoms with E-state index in [9.17, 15) is 0 Å². The molecular formula is C12H17Br. The predicted molar refractivity (Wildman–Crippen MR) is 62.7 cm³/mol. The topological polar surface area (TPSA) is 0 Å². The maximum atomic E-state index is 3.36. The monoisotopic (exact) mass is 240 g/mol. The Labute approximate surface area is 90.6 Å². The molecule has 0 N–H and O–H groups in total. The van der Waals surface area contributed by atoms with Gasteiger partial charge < -0.3 is 0 Å². The summed E-state index contributed by atoms with van der Waals surface area (Å²) in [5.41, 5.74) is 0. The van der Waals surface area contributed by atoms with E-state index in [0.29, 0.717) is 6.42 Å². The van der Waals surface area contributed by atoms with Crippen LogP contribution < -0.4 is 0 Å². The second-order valence-corrected chi connectivity index (χ2v) is 4.30. The Balaban J connectivity index is 3.36. The molecule has 0 aromatic carbocycles. The van der Waals surface area contributed by atoms with Gasteiger partial charge in [-0.15, -0.1) is 5.92 Å². The van der Waals surface area contributed by atoms with Crippen molar-refractivity contribution in [2.75, 3.05) is 0 Å². The van der Waals surface area contributed by atoms with Crippen molar-refractivity contribution >= 4 is 15.9 Å². The van der Waals surface area contributed by atoms with Gasteiger partial charge in [0.15, 0.2) is 0 Å². The molecule has 1 unspecified atom stereocenters. The van der Waals surface area contributed by atoms with E-state index in [0.717, 1.165) is 6.42 Å². The van der Waals surface area contributed by atoms with Gasteiger partial charge in [0.1, 0.15) is 0 Å². The summed E-state index contributed by atoms with van der Waals surface area (Å²) in [6.07, 6.45) is 5.52. The number of alkyl halides is 1. The summed E-state index contributed by atoms with van der Waals surface area (Å²) in [5, 5.41) is 0. The van der Waals surface area contributed by atoms with Crippen LogP contribution in [-0.2, 0) is 0 Å². The van der Waals surface area contributed by atoms with Crippen LogP contribution in [0.3, 0.4) is 0 Å². The molecule has 0 radical (unpaired) electrons. The van der Waals surface area contributed by atoms with E-state index in [1.54, 1.807) is 0 Å². The molecule has 13 heavy (non-hydrogen) atoms. The van der Waals surface area contributed by atoms with Crippen LogP contribution in [0.15, 0.2) is 0 Å². The highest BCUT2D eigenvalue weighted by molar-refractivity contribution is 9.09. The summed E-state index contributed by atoms with van der Waals surface area (Å²) in [7, 11) is 0. The van der Waals surface area contributed by atoms with E-state index in [1.165, 1.54) is 19.3 Å². The van der Waals surface area contributed by atoms with Gasteiger partial charge in [-0.25, -0.2) is 0 Å². The van der Waals surface area contributed by atoms with Crippen molar-refractivity contribution in [1.82, 2.24) is 0 Å². The molecule has 0 aliphatic rings. The SMILES string of the molecule is CCCCCC#CCC#CC(C)Br. The molecule has 0 amide bonds. The van der Waals surface area contributed by atoms with Gasteiger partial charge in [0.2, 0.25) is 0 Å². The molecule has 0 nitrogen and oxygen atoms in total. The van der Waals surface area contributed by atoms with E-state index >= 15 is 0 Å². The Kier molecular flexibility index (Phi) is 9.39. The molecule has 0 aromatic heterocycles. The molecule has 0 heterocycles. The maximum absolute atomic E-state index is 3.36. The summed E-state index contributed by atoms with van der Waals surface area (Å²) in [6, 6.07) is 0. The van der Waals surface area contributed by atoms with Crippen LogP contribution in [-0.4, -0.2) is 4.83 Å². The fourth-order valence-corrected chi connectivity index (χ4v) is 1.01. The van der Waals surface area contributed by atoms with Gasteiger partial charge in [0.25, 0.3) is 0 Å². The smallest absolute Gasteiger partial charge is 0.0726 e. The Morgan fingerprint density at radius 1 is 1.15 bits per heavy atom. The first-order chi connectivity index (χ1) is 6.27. The highest BCUT2D eigenvalue weighted by Gasteiger charge is 1.82. The molecule has 1 atom stereocenters. The first-order valence-electron chi connectivity index (χ1n) is 4.85. The third-order valence-corrected chi connectivity index (χ3v) is 1.74. The summed E-state index contributed by atoms with van der Waals surface area (Å²) < 4.78 is 0. The van der Waals surface area contributed by atoms with Gasteiger partial charge in [0, 0.05) is 6.42 Å². The first-order valence-corrected chi connectivity index (χ1v) is 5.77. The predicted octanol–water partition coefficient (Wildman–Crippen LogP) is 3.75. The summed E-state index contributed by atoms with van der Waals surface area (Å²) in [4.78, 5) is 0.286. The van der Waals surface area contributed by atoms with Gasteiger partial charge in [0.05, 0.1) is 11.2 Å².